The smallest absolute Gasteiger partial charge is 0.335 e. The third kappa shape index (κ3) is 4.50. The van der Waals surface area contributed by atoms with E-state index in [0.29, 0.717) is 15.7 Å². The third-order valence-corrected chi connectivity index (χ3v) is 6.04. The summed E-state index contributed by atoms with van der Waals surface area (Å²) in [6.07, 6.45) is 1.76. The summed E-state index contributed by atoms with van der Waals surface area (Å²) >= 11 is 1.07. The molecule has 0 aliphatic carbocycles. The second-order valence-corrected chi connectivity index (χ2v) is 7.92. The summed E-state index contributed by atoms with van der Waals surface area (Å²) in [5, 5.41) is 22.5. The molecule has 9 heteroatoms. The summed E-state index contributed by atoms with van der Waals surface area (Å²) in [4.78, 5) is 26.9. The number of allylic oxidation sites excluding steroid dienone is 1. The first-order valence-corrected chi connectivity index (χ1v) is 10.7. The number of methoxy groups -OCH3 is 1. The molecule has 1 aromatic heterocycles. The molecule has 0 bridgehead atoms. The first kappa shape index (κ1) is 23.0. The van der Waals surface area contributed by atoms with Crippen LogP contribution in [0, 0.1) is 11.3 Å². The molecular weight excluding hydrogens is 430 g/mol. The number of hydrogen-bond donors (Lipinski definition) is 2. The summed E-state index contributed by atoms with van der Waals surface area (Å²) in [5.41, 5.74) is 1.29. The first-order valence-electron chi connectivity index (χ1n) is 9.86. The Morgan fingerprint density at radius 3 is 2.59 bits per heavy atom. The average Bonchev–Trinajstić information content (AvgIpc) is 3.20. The number of phenols is 1. The second-order valence-electron chi connectivity index (χ2n) is 6.85. The SMILES string of the molecule is CCOC1=C(C(=O)Nc2ccccc2O)[C@@H](c2cccn2C)C(C(=O)OC)=C(CC#N)S1. The van der Waals surface area contributed by atoms with Gasteiger partial charge in [0.15, 0.2) is 5.09 Å². The fraction of sp³-hybridized carbons (Fsp3) is 0.261. The Bertz CT molecular complexity index is 1140. The Labute approximate surface area is 190 Å². The van der Waals surface area contributed by atoms with Crippen molar-refractivity contribution in [2.24, 2.45) is 7.05 Å². The summed E-state index contributed by atoms with van der Waals surface area (Å²) in [7, 11) is 3.06. The van der Waals surface area contributed by atoms with E-state index >= 15 is 0 Å². The van der Waals surface area contributed by atoms with Gasteiger partial charge >= 0.3 is 5.97 Å². The standard InChI is InChI=1S/C23H23N3O5S/c1-4-31-23-20(21(28)25-14-8-5-6-10-16(14)27)18(15-9-7-13-26(15)2)19(22(29)30-3)17(32-23)11-12-24/h5-10,13,18,27H,4,11H2,1-3H3,(H,25,28)/t18-/m0/s1. The fourth-order valence-electron chi connectivity index (χ4n) is 3.49. The minimum atomic E-state index is -0.834. The predicted molar refractivity (Wildman–Crippen MR) is 120 cm³/mol. The molecule has 1 aromatic carbocycles. The molecule has 2 aromatic rings. The van der Waals surface area contributed by atoms with Crippen LogP contribution in [-0.2, 0) is 26.1 Å². The van der Waals surface area contributed by atoms with E-state index in [-0.39, 0.29) is 35.6 Å². The van der Waals surface area contributed by atoms with Gasteiger partial charge in [-0.25, -0.2) is 4.79 Å². The number of para-hydroxylation sites is 2. The molecule has 0 saturated carbocycles. The van der Waals surface area contributed by atoms with Crippen molar-refractivity contribution >= 4 is 29.3 Å². The molecular formula is C23H23N3O5S. The van der Waals surface area contributed by atoms with Crippen molar-refractivity contribution in [3.05, 3.63) is 69.4 Å². The van der Waals surface area contributed by atoms with Crippen molar-refractivity contribution in [1.29, 1.82) is 5.26 Å². The summed E-state index contributed by atoms with van der Waals surface area (Å²) < 4.78 is 12.6. The zero-order valence-corrected chi connectivity index (χ0v) is 18.7. The van der Waals surface area contributed by atoms with Gasteiger partial charge < -0.3 is 24.5 Å². The minimum absolute atomic E-state index is 0.0407. The predicted octanol–water partition coefficient (Wildman–Crippen LogP) is 3.79. The highest BCUT2D eigenvalue weighted by atomic mass is 32.2. The second kappa shape index (κ2) is 10.1. The maximum absolute atomic E-state index is 13.5. The number of carbonyl (C=O) groups is 2. The van der Waals surface area contributed by atoms with Crippen LogP contribution in [0.5, 0.6) is 5.75 Å². The molecule has 0 fully saturated rings. The molecule has 1 atom stereocenters. The Hall–Kier alpha value is -3.64. The van der Waals surface area contributed by atoms with E-state index < -0.39 is 17.8 Å². The maximum atomic E-state index is 13.5. The maximum Gasteiger partial charge on any atom is 0.335 e. The Kier molecular flexibility index (Phi) is 7.28. The number of esters is 1. The minimum Gasteiger partial charge on any atom is -0.506 e. The number of nitrogens with one attached hydrogen (secondary N) is 1. The molecule has 0 spiro atoms. The molecule has 2 heterocycles. The van der Waals surface area contributed by atoms with Crippen molar-refractivity contribution in [2.75, 3.05) is 19.0 Å². The van der Waals surface area contributed by atoms with Gasteiger partial charge in [-0.05, 0) is 31.2 Å². The van der Waals surface area contributed by atoms with Gasteiger partial charge in [0.2, 0.25) is 0 Å². The van der Waals surface area contributed by atoms with Crippen molar-refractivity contribution < 1.29 is 24.2 Å². The van der Waals surface area contributed by atoms with E-state index in [1.807, 2.05) is 0 Å². The lowest BCUT2D eigenvalue weighted by Gasteiger charge is -2.30. The summed E-state index contributed by atoms with van der Waals surface area (Å²) in [6, 6.07) is 12.0. The largest absolute Gasteiger partial charge is 0.506 e. The van der Waals surface area contributed by atoms with Crippen LogP contribution in [0.25, 0.3) is 0 Å². The normalized spacial score (nSPS) is 15.9. The number of thioether (sulfide) groups is 1. The van der Waals surface area contributed by atoms with E-state index in [2.05, 4.69) is 11.4 Å². The Morgan fingerprint density at radius 1 is 1.25 bits per heavy atom. The van der Waals surface area contributed by atoms with Crippen LogP contribution in [0.15, 0.2) is 63.7 Å². The number of benzene rings is 1. The molecule has 0 radical (unpaired) electrons. The van der Waals surface area contributed by atoms with Gasteiger partial charge in [-0.15, -0.1) is 0 Å². The molecule has 2 N–H and O–H groups in total. The van der Waals surface area contributed by atoms with Gasteiger partial charge in [0, 0.05) is 23.8 Å². The van der Waals surface area contributed by atoms with Gasteiger partial charge in [-0.1, -0.05) is 23.9 Å². The van der Waals surface area contributed by atoms with Crippen molar-refractivity contribution in [1.82, 2.24) is 4.57 Å². The lowest BCUT2D eigenvalue weighted by molar-refractivity contribution is -0.136. The highest BCUT2D eigenvalue weighted by molar-refractivity contribution is 8.06. The molecule has 1 aliphatic rings. The van der Waals surface area contributed by atoms with Gasteiger partial charge in [-0.3, -0.25) is 4.79 Å². The number of nitriles is 1. The van der Waals surface area contributed by atoms with E-state index in [9.17, 15) is 20.0 Å². The van der Waals surface area contributed by atoms with E-state index in [0.717, 1.165) is 11.8 Å². The number of ether oxygens (including phenoxy) is 2. The third-order valence-electron chi connectivity index (χ3n) is 4.91. The van der Waals surface area contributed by atoms with Crippen molar-refractivity contribution in [2.45, 2.75) is 19.3 Å². The van der Waals surface area contributed by atoms with Crippen LogP contribution in [0.3, 0.4) is 0 Å². The van der Waals surface area contributed by atoms with Crippen LogP contribution < -0.4 is 5.32 Å². The van der Waals surface area contributed by atoms with Gasteiger partial charge in [0.1, 0.15) is 5.75 Å². The van der Waals surface area contributed by atoms with Gasteiger partial charge in [-0.2, -0.15) is 5.26 Å². The molecule has 166 valence electrons. The van der Waals surface area contributed by atoms with E-state index in [4.69, 9.17) is 9.47 Å². The molecule has 0 saturated heterocycles. The highest BCUT2D eigenvalue weighted by Gasteiger charge is 2.41. The Balaban J connectivity index is 2.21. The van der Waals surface area contributed by atoms with Crippen LogP contribution in [-0.4, -0.2) is 35.3 Å². The van der Waals surface area contributed by atoms with Crippen LogP contribution >= 0.6 is 11.8 Å². The van der Waals surface area contributed by atoms with Crippen molar-refractivity contribution in [3.63, 3.8) is 0 Å². The van der Waals surface area contributed by atoms with Crippen molar-refractivity contribution in [3.8, 4) is 11.8 Å². The lowest BCUT2D eigenvalue weighted by atomic mass is 9.86. The van der Waals surface area contributed by atoms with Crippen LogP contribution in [0.2, 0.25) is 0 Å². The fourth-order valence-corrected chi connectivity index (χ4v) is 4.66. The number of phenolic OH excluding ortho intramolecular Hbond substituents is 1. The van der Waals surface area contributed by atoms with Gasteiger partial charge in [0.05, 0.1) is 49.0 Å². The molecule has 0 unspecified atom stereocenters. The average molecular weight is 454 g/mol. The number of aromatic hydroxyl groups is 1. The molecule has 1 amide bonds. The zero-order valence-electron chi connectivity index (χ0n) is 17.9. The Morgan fingerprint density at radius 2 is 2.00 bits per heavy atom. The number of carbonyl (C=O) groups excluding carboxylic acids is 2. The van der Waals surface area contributed by atoms with Crippen LogP contribution in [0.1, 0.15) is 25.0 Å². The monoisotopic (exact) mass is 453 g/mol. The number of nitrogens with zero attached hydrogens (tertiary/aromatic N) is 2. The first-order chi connectivity index (χ1) is 15.4. The number of aromatic nitrogens is 1. The van der Waals surface area contributed by atoms with Crippen LogP contribution in [0.4, 0.5) is 5.69 Å². The lowest BCUT2D eigenvalue weighted by Crippen LogP contribution is -2.29. The van der Waals surface area contributed by atoms with Gasteiger partial charge in [0.25, 0.3) is 5.91 Å². The summed E-state index contributed by atoms with van der Waals surface area (Å²) in [5.74, 6) is -2.09. The molecule has 32 heavy (non-hydrogen) atoms. The number of anilines is 1. The zero-order chi connectivity index (χ0) is 23.3. The molecule has 1 aliphatic heterocycles. The number of amides is 1. The molecule has 3 rings (SSSR count). The van der Waals surface area contributed by atoms with E-state index in [1.54, 1.807) is 55.1 Å². The topological polar surface area (TPSA) is 114 Å². The number of aryl methyl sites for hydroxylation is 1. The molecule has 8 nitrogen and oxygen atoms in total. The number of hydrogen-bond acceptors (Lipinski definition) is 7. The summed E-state index contributed by atoms with van der Waals surface area (Å²) in [6.45, 7) is 2.07. The highest BCUT2D eigenvalue weighted by Crippen LogP contribution is 2.49. The van der Waals surface area contributed by atoms with E-state index in [1.165, 1.54) is 13.2 Å². The number of rotatable bonds is 7. The quantitative estimate of drug-likeness (QED) is 0.484.